The predicted molar refractivity (Wildman–Crippen MR) is 90.6 cm³/mol. The van der Waals surface area contributed by atoms with Gasteiger partial charge in [0.2, 0.25) is 0 Å². The minimum absolute atomic E-state index is 0.00919. The number of hydrogen-bond acceptors (Lipinski definition) is 4. The Balaban J connectivity index is 1.86. The molecular weight excluding hydrogens is 310 g/mol. The van der Waals surface area contributed by atoms with Gasteiger partial charge in [0, 0.05) is 24.7 Å². The highest BCUT2D eigenvalue weighted by molar-refractivity contribution is 6.62. The quantitative estimate of drug-likeness (QED) is 0.828. The van der Waals surface area contributed by atoms with Crippen molar-refractivity contribution in [3.05, 3.63) is 29.6 Å². The summed E-state index contributed by atoms with van der Waals surface area (Å²) in [5, 5.41) is 0. The first-order chi connectivity index (χ1) is 11.1. The smallest absolute Gasteiger partial charge is 0.399 e. The van der Waals surface area contributed by atoms with Crippen LogP contribution in [0, 0.1) is 5.82 Å². The standard InChI is InChI=1S/C17H24BFN2O3/c1-16(2)17(3,4)24-18(23-16)12-7-11(8-13(19)9-12)15(22)21-6-5-14(20)10-21/h7-9,14H,5-6,10,20H2,1-4H3/t14-/m1/s1. The van der Waals surface area contributed by atoms with Crippen molar-refractivity contribution in [1.82, 2.24) is 4.90 Å². The molecule has 2 aliphatic rings. The minimum atomic E-state index is -0.696. The molecule has 0 saturated carbocycles. The zero-order chi connectivity index (χ0) is 17.7. The molecule has 2 N–H and O–H groups in total. The van der Waals surface area contributed by atoms with E-state index in [2.05, 4.69) is 0 Å². The molecule has 0 radical (unpaired) electrons. The maximum Gasteiger partial charge on any atom is 0.494 e. The van der Waals surface area contributed by atoms with Gasteiger partial charge in [0.15, 0.2) is 0 Å². The summed E-state index contributed by atoms with van der Waals surface area (Å²) in [6, 6.07) is 4.25. The molecule has 0 aromatic heterocycles. The van der Waals surface area contributed by atoms with Crippen LogP contribution in [0.2, 0.25) is 0 Å². The fourth-order valence-electron chi connectivity index (χ4n) is 3.01. The van der Waals surface area contributed by atoms with Gasteiger partial charge in [0.1, 0.15) is 5.82 Å². The SMILES string of the molecule is CC1(C)OB(c2cc(F)cc(C(=O)N3CC[C@@H](N)C3)c2)OC1(C)C. The summed E-state index contributed by atoms with van der Waals surface area (Å²) in [5.41, 5.74) is 5.63. The number of hydrogen-bond donors (Lipinski definition) is 1. The zero-order valence-corrected chi connectivity index (χ0v) is 14.6. The lowest BCUT2D eigenvalue weighted by Crippen LogP contribution is -2.41. The topological polar surface area (TPSA) is 64.8 Å². The number of benzene rings is 1. The van der Waals surface area contributed by atoms with E-state index in [1.165, 1.54) is 12.1 Å². The van der Waals surface area contributed by atoms with Crippen LogP contribution in [0.5, 0.6) is 0 Å². The maximum absolute atomic E-state index is 14.1. The van der Waals surface area contributed by atoms with Crippen molar-refractivity contribution in [1.29, 1.82) is 0 Å². The Morgan fingerprint density at radius 3 is 2.42 bits per heavy atom. The van der Waals surface area contributed by atoms with Gasteiger partial charge in [-0.15, -0.1) is 0 Å². The van der Waals surface area contributed by atoms with Crippen molar-refractivity contribution >= 4 is 18.5 Å². The van der Waals surface area contributed by atoms with Gasteiger partial charge in [-0.25, -0.2) is 4.39 Å². The van der Waals surface area contributed by atoms with Crippen LogP contribution < -0.4 is 11.2 Å². The van der Waals surface area contributed by atoms with Crippen LogP contribution in [-0.2, 0) is 9.31 Å². The molecule has 3 rings (SSSR count). The first kappa shape index (κ1) is 17.4. The van der Waals surface area contributed by atoms with E-state index >= 15 is 0 Å². The predicted octanol–water partition coefficient (Wildman–Crippen LogP) is 1.30. The lowest BCUT2D eigenvalue weighted by molar-refractivity contribution is 0.00578. The normalized spacial score (nSPS) is 25.3. The highest BCUT2D eigenvalue weighted by Gasteiger charge is 2.51. The molecule has 7 heteroatoms. The van der Waals surface area contributed by atoms with E-state index in [1.807, 2.05) is 27.7 Å². The van der Waals surface area contributed by atoms with Crippen molar-refractivity contribution in [2.45, 2.75) is 51.4 Å². The Labute approximate surface area is 142 Å². The Morgan fingerprint density at radius 1 is 1.25 bits per heavy atom. The second-order valence-electron chi connectivity index (χ2n) is 7.66. The Hall–Kier alpha value is -1.44. The maximum atomic E-state index is 14.1. The van der Waals surface area contributed by atoms with Crippen molar-refractivity contribution in [3.8, 4) is 0 Å². The largest absolute Gasteiger partial charge is 0.494 e. The molecule has 1 atom stereocenters. The van der Waals surface area contributed by atoms with E-state index in [4.69, 9.17) is 15.0 Å². The van der Waals surface area contributed by atoms with Crippen molar-refractivity contribution in [2.75, 3.05) is 13.1 Å². The molecule has 2 aliphatic heterocycles. The summed E-state index contributed by atoms with van der Waals surface area (Å²) in [6.07, 6.45) is 0.769. The van der Waals surface area contributed by atoms with Gasteiger partial charge < -0.3 is 19.9 Å². The number of nitrogens with zero attached hydrogens (tertiary/aromatic N) is 1. The first-order valence-corrected chi connectivity index (χ1v) is 8.30. The van der Waals surface area contributed by atoms with Crippen molar-refractivity contribution in [2.24, 2.45) is 5.73 Å². The molecule has 5 nitrogen and oxygen atoms in total. The summed E-state index contributed by atoms with van der Waals surface area (Å²) in [4.78, 5) is 14.2. The summed E-state index contributed by atoms with van der Waals surface area (Å²) in [6.45, 7) is 8.84. The first-order valence-electron chi connectivity index (χ1n) is 8.30. The summed E-state index contributed by atoms with van der Waals surface area (Å²) < 4.78 is 26.0. The van der Waals surface area contributed by atoms with Gasteiger partial charge in [0.25, 0.3) is 5.91 Å². The van der Waals surface area contributed by atoms with E-state index in [9.17, 15) is 9.18 Å². The van der Waals surface area contributed by atoms with Gasteiger partial charge >= 0.3 is 7.12 Å². The number of carbonyl (C=O) groups is 1. The fourth-order valence-corrected chi connectivity index (χ4v) is 3.01. The molecule has 1 aromatic carbocycles. The van der Waals surface area contributed by atoms with E-state index in [0.717, 1.165) is 6.42 Å². The highest BCUT2D eigenvalue weighted by atomic mass is 19.1. The van der Waals surface area contributed by atoms with Crippen LogP contribution in [0.1, 0.15) is 44.5 Å². The lowest BCUT2D eigenvalue weighted by Gasteiger charge is -2.32. The van der Waals surface area contributed by atoms with E-state index in [0.29, 0.717) is 24.1 Å². The van der Waals surface area contributed by atoms with Gasteiger partial charge in [0.05, 0.1) is 11.2 Å². The average molecular weight is 334 g/mol. The van der Waals surface area contributed by atoms with Crippen LogP contribution in [-0.4, -0.2) is 48.3 Å². The summed E-state index contributed by atoms with van der Waals surface area (Å²) in [7, 11) is -0.696. The van der Waals surface area contributed by atoms with Gasteiger partial charge in [-0.1, -0.05) is 0 Å². The fraction of sp³-hybridized carbons (Fsp3) is 0.588. The molecule has 130 valence electrons. The van der Waals surface area contributed by atoms with E-state index in [1.54, 1.807) is 11.0 Å². The van der Waals surface area contributed by atoms with Gasteiger partial charge in [-0.3, -0.25) is 4.79 Å². The Bertz CT molecular complexity index is 649. The summed E-state index contributed by atoms with van der Waals surface area (Å²) in [5.74, 6) is -0.686. The molecule has 2 fully saturated rings. The Morgan fingerprint density at radius 2 is 1.88 bits per heavy atom. The molecule has 2 heterocycles. The van der Waals surface area contributed by atoms with Crippen molar-refractivity contribution in [3.63, 3.8) is 0 Å². The third-order valence-electron chi connectivity index (χ3n) is 5.20. The molecule has 0 aliphatic carbocycles. The molecular formula is C17H24BFN2O3. The number of halogens is 1. The van der Waals surface area contributed by atoms with Gasteiger partial charge in [-0.2, -0.15) is 0 Å². The third-order valence-corrected chi connectivity index (χ3v) is 5.20. The van der Waals surface area contributed by atoms with Crippen LogP contribution in [0.4, 0.5) is 4.39 Å². The number of nitrogens with two attached hydrogens (primary N) is 1. The van der Waals surface area contributed by atoms with Crippen LogP contribution in [0.15, 0.2) is 18.2 Å². The molecule has 0 unspecified atom stereocenters. The molecule has 0 spiro atoms. The lowest BCUT2D eigenvalue weighted by atomic mass is 9.78. The zero-order valence-electron chi connectivity index (χ0n) is 14.6. The highest BCUT2D eigenvalue weighted by Crippen LogP contribution is 2.36. The van der Waals surface area contributed by atoms with Crippen LogP contribution >= 0.6 is 0 Å². The van der Waals surface area contributed by atoms with Gasteiger partial charge in [-0.05, 0) is 57.8 Å². The van der Waals surface area contributed by atoms with Crippen LogP contribution in [0.3, 0.4) is 0 Å². The molecule has 1 aromatic rings. The minimum Gasteiger partial charge on any atom is -0.399 e. The molecule has 24 heavy (non-hydrogen) atoms. The van der Waals surface area contributed by atoms with Crippen LogP contribution in [0.25, 0.3) is 0 Å². The molecule has 2 saturated heterocycles. The van der Waals surface area contributed by atoms with E-state index < -0.39 is 24.1 Å². The second kappa shape index (κ2) is 5.83. The number of carbonyl (C=O) groups excluding carboxylic acids is 1. The number of likely N-dealkylation sites (tertiary alicyclic amines) is 1. The molecule has 1 amide bonds. The van der Waals surface area contributed by atoms with Crippen molar-refractivity contribution < 1.29 is 18.5 Å². The number of amides is 1. The monoisotopic (exact) mass is 334 g/mol. The Kier molecular flexibility index (Phi) is 4.22. The molecule has 0 bridgehead atoms. The van der Waals surface area contributed by atoms with E-state index in [-0.39, 0.29) is 11.9 Å². The average Bonchev–Trinajstić information content (AvgIpc) is 2.99. The second-order valence-corrected chi connectivity index (χ2v) is 7.66. The summed E-state index contributed by atoms with van der Waals surface area (Å²) >= 11 is 0. The number of rotatable bonds is 2. The third kappa shape index (κ3) is 3.08.